The Balaban J connectivity index is 4.31. The third-order valence-corrected chi connectivity index (χ3v) is 1.98. The predicted octanol–water partition coefficient (Wildman–Crippen LogP) is 2.62. The normalized spacial score (nSPS) is 10.6. The van der Waals surface area contributed by atoms with E-state index in [2.05, 4.69) is 0 Å². The Bertz CT molecular complexity index is 299. The Morgan fingerprint density at radius 1 is 1.24 bits per heavy atom. The molecule has 0 unspecified atom stereocenters. The molecule has 4 nitrogen and oxygen atoms in total. The molecule has 0 atom stereocenters. The van der Waals surface area contributed by atoms with Crippen molar-refractivity contribution in [2.45, 2.75) is 53.1 Å². The lowest BCUT2D eigenvalue weighted by atomic mass is 10.1. The zero-order valence-corrected chi connectivity index (χ0v) is 11.3. The summed E-state index contributed by atoms with van der Waals surface area (Å²) in [6.07, 6.45) is 3.11. The first-order valence-corrected chi connectivity index (χ1v) is 5.84. The number of carbonyl (C=O) groups excluding carboxylic acids is 2. The fraction of sp³-hybridized carbons (Fsp3) is 0.692. The van der Waals surface area contributed by atoms with E-state index in [-0.39, 0.29) is 0 Å². The van der Waals surface area contributed by atoms with E-state index >= 15 is 0 Å². The van der Waals surface area contributed by atoms with Crippen LogP contribution in [0.3, 0.4) is 0 Å². The predicted molar refractivity (Wildman–Crippen MR) is 65.5 cm³/mol. The number of hydrogen-bond acceptors (Lipinski definition) is 4. The molecule has 0 radical (unpaired) electrons. The van der Waals surface area contributed by atoms with Crippen molar-refractivity contribution in [1.82, 2.24) is 0 Å². The topological polar surface area (TPSA) is 52.6 Å². The number of esters is 2. The summed E-state index contributed by atoms with van der Waals surface area (Å²) in [6, 6.07) is 0. The molecule has 0 N–H and O–H groups in total. The minimum atomic E-state index is -1.24. The molecule has 0 heterocycles. The van der Waals surface area contributed by atoms with Crippen molar-refractivity contribution in [1.29, 1.82) is 0 Å². The highest BCUT2D eigenvalue weighted by atomic mass is 16.6. The van der Waals surface area contributed by atoms with Gasteiger partial charge in [-0.1, -0.05) is 18.9 Å². The second kappa shape index (κ2) is 7.09. The van der Waals surface area contributed by atoms with Gasteiger partial charge in [0.05, 0.1) is 6.61 Å². The number of allylic oxidation sites excluding steroid dienone is 1. The highest BCUT2D eigenvalue weighted by Gasteiger charge is 2.33. The zero-order chi connectivity index (χ0) is 13.5. The highest BCUT2D eigenvalue weighted by molar-refractivity contribution is 5.87. The van der Waals surface area contributed by atoms with E-state index in [0.29, 0.717) is 6.61 Å². The number of rotatable bonds is 6. The number of unbranched alkanes of at least 4 members (excludes halogenated alkanes) is 1. The van der Waals surface area contributed by atoms with Gasteiger partial charge in [0.25, 0.3) is 0 Å². The van der Waals surface area contributed by atoms with Crippen molar-refractivity contribution in [2.24, 2.45) is 0 Å². The lowest BCUT2D eigenvalue weighted by molar-refractivity contribution is -0.175. The van der Waals surface area contributed by atoms with Gasteiger partial charge >= 0.3 is 11.9 Å². The molecule has 0 fully saturated rings. The van der Waals surface area contributed by atoms with Crippen LogP contribution in [0.4, 0.5) is 0 Å². The van der Waals surface area contributed by atoms with Gasteiger partial charge in [-0.05, 0) is 34.1 Å². The van der Waals surface area contributed by atoms with E-state index < -0.39 is 17.5 Å². The Morgan fingerprint density at radius 2 is 1.82 bits per heavy atom. The molecule has 0 aromatic carbocycles. The third kappa shape index (κ3) is 6.76. The van der Waals surface area contributed by atoms with Crippen LogP contribution in [0.15, 0.2) is 11.6 Å². The second-order valence-corrected chi connectivity index (χ2v) is 4.64. The Morgan fingerprint density at radius 3 is 2.29 bits per heavy atom. The summed E-state index contributed by atoms with van der Waals surface area (Å²) in [6.45, 7) is 8.99. The maximum absolute atomic E-state index is 11.6. The third-order valence-electron chi connectivity index (χ3n) is 1.98. The summed E-state index contributed by atoms with van der Waals surface area (Å²) < 4.78 is 10.1. The summed E-state index contributed by atoms with van der Waals surface area (Å²) in [4.78, 5) is 23.0. The standard InChI is InChI=1S/C13H22O4/c1-6-7-8-16-12(15)13(4,5)17-11(14)9-10(2)3/h9H,6-8H2,1-5H3. The molecule has 0 saturated heterocycles. The van der Waals surface area contributed by atoms with Crippen LogP contribution in [0.2, 0.25) is 0 Å². The molecule has 0 rings (SSSR count). The van der Waals surface area contributed by atoms with Gasteiger partial charge in [0.15, 0.2) is 0 Å². The quantitative estimate of drug-likeness (QED) is 0.408. The van der Waals surface area contributed by atoms with Crippen molar-refractivity contribution in [3.8, 4) is 0 Å². The van der Waals surface area contributed by atoms with Gasteiger partial charge in [0, 0.05) is 6.08 Å². The van der Waals surface area contributed by atoms with E-state index in [9.17, 15) is 9.59 Å². The molecule has 98 valence electrons. The molecule has 17 heavy (non-hydrogen) atoms. The van der Waals surface area contributed by atoms with Crippen LogP contribution < -0.4 is 0 Å². The van der Waals surface area contributed by atoms with Crippen LogP contribution in [0, 0.1) is 0 Å². The van der Waals surface area contributed by atoms with Gasteiger partial charge in [-0.25, -0.2) is 9.59 Å². The summed E-state index contributed by atoms with van der Waals surface area (Å²) >= 11 is 0. The van der Waals surface area contributed by atoms with Crippen molar-refractivity contribution in [3.63, 3.8) is 0 Å². The Labute approximate surface area is 103 Å². The van der Waals surface area contributed by atoms with Crippen LogP contribution >= 0.6 is 0 Å². The molecule has 0 aromatic rings. The van der Waals surface area contributed by atoms with Gasteiger partial charge in [0.1, 0.15) is 0 Å². The first-order chi connectivity index (χ1) is 7.79. The monoisotopic (exact) mass is 242 g/mol. The van der Waals surface area contributed by atoms with Crippen molar-refractivity contribution < 1.29 is 19.1 Å². The molecule has 0 saturated carbocycles. The molecule has 0 spiro atoms. The molecule has 0 bridgehead atoms. The van der Waals surface area contributed by atoms with Crippen LogP contribution in [0.5, 0.6) is 0 Å². The Kier molecular flexibility index (Phi) is 6.54. The highest BCUT2D eigenvalue weighted by Crippen LogP contribution is 2.13. The summed E-state index contributed by atoms with van der Waals surface area (Å²) in [5.41, 5.74) is -0.415. The molecule has 4 heteroatoms. The lowest BCUT2D eigenvalue weighted by Gasteiger charge is -2.22. The first-order valence-electron chi connectivity index (χ1n) is 5.84. The fourth-order valence-electron chi connectivity index (χ4n) is 1.04. The van der Waals surface area contributed by atoms with E-state index in [0.717, 1.165) is 18.4 Å². The van der Waals surface area contributed by atoms with E-state index in [1.165, 1.54) is 19.9 Å². The maximum atomic E-state index is 11.6. The maximum Gasteiger partial charge on any atom is 0.350 e. The largest absolute Gasteiger partial charge is 0.463 e. The van der Waals surface area contributed by atoms with Crippen LogP contribution in [-0.2, 0) is 19.1 Å². The smallest absolute Gasteiger partial charge is 0.350 e. The molecule has 0 aliphatic rings. The second-order valence-electron chi connectivity index (χ2n) is 4.64. The van der Waals surface area contributed by atoms with Crippen molar-refractivity contribution in [2.75, 3.05) is 6.61 Å². The van der Waals surface area contributed by atoms with Crippen LogP contribution in [0.25, 0.3) is 0 Å². The SMILES string of the molecule is CCCCOC(=O)C(C)(C)OC(=O)C=C(C)C. The number of carbonyl (C=O) groups is 2. The van der Waals surface area contributed by atoms with Crippen molar-refractivity contribution >= 4 is 11.9 Å². The summed E-state index contributed by atoms with van der Waals surface area (Å²) in [5, 5.41) is 0. The van der Waals surface area contributed by atoms with Crippen LogP contribution in [-0.4, -0.2) is 24.1 Å². The Hall–Kier alpha value is -1.32. The number of hydrogen-bond donors (Lipinski definition) is 0. The van der Waals surface area contributed by atoms with E-state index in [1.807, 2.05) is 6.92 Å². The van der Waals surface area contributed by atoms with Gasteiger partial charge in [-0.15, -0.1) is 0 Å². The molecular weight excluding hydrogens is 220 g/mol. The first kappa shape index (κ1) is 15.7. The van der Waals surface area contributed by atoms with Gasteiger partial charge in [-0.3, -0.25) is 0 Å². The number of ether oxygens (including phenoxy) is 2. The summed E-state index contributed by atoms with van der Waals surface area (Å²) in [5.74, 6) is -1.04. The van der Waals surface area contributed by atoms with Crippen molar-refractivity contribution in [3.05, 3.63) is 11.6 Å². The lowest BCUT2D eigenvalue weighted by Crippen LogP contribution is -2.38. The molecule has 0 aliphatic carbocycles. The van der Waals surface area contributed by atoms with E-state index in [4.69, 9.17) is 9.47 Å². The summed E-state index contributed by atoms with van der Waals surface area (Å²) in [7, 11) is 0. The molecular formula is C13H22O4. The zero-order valence-electron chi connectivity index (χ0n) is 11.3. The average Bonchev–Trinajstić information content (AvgIpc) is 2.15. The van der Waals surface area contributed by atoms with Gasteiger partial charge in [0.2, 0.25) is 5.60 Å². The average molecular weight is 242 g/mol. The van der Waals surface area contributed by atoms with Gasteiger partial charge < -0.3 is 9.47 Å². The van der Waals surface area contributed by atoms with E-state index in [1.54, 1.807) is 13.8 Å². The molecule has 0 aromatic heterocycles. The minimum absolute atomic E-state index is 0.360. The van der Waals surface area contributed by atoms with Gasteiger partial charge in [-0.2, -0.15) is 0 Å². The molecule has 0 aliphatic heterocycles. The minimum Gasteiger partial charge on any atom is -0.463 e. The molecule has 0 amide bonds. The van der Waals surface area contributed by atoms with Crippen LogP contribution in [0.1, 0.15) is 47.5 Å². The fourth-order valence-corrected chi connectivity index (χ4v) is 1.04.